The van der Waals surface area contributed by atoms with Crippen molar-refractivity contribution in [2.24, 2.45) is 0 Å². The highest BCUT2D eigenvalue weighted by molar-refractivity contribution is 6.57. The minimum absolute atomic E-state index is 0.0616. The quantitative estimate of drug-likeness (QED) is 0.207. The molecule has 16 heavy (non-hydrogen) atoms. The van der Waals surface area contributed by atoms with E-state index in [4.69, 9.17) is 0 Å². The summed E-state index contributed by atoms with van der Waals surface area (Å²) in [5, 5.41) is 2.20. The SMILES string of the molecule is BC(=O)NCC(=O)NNC(=O)C(=O)OCC. The molecule has 0 aliphatic heterocycles. The predicted molar refractivity (Wildman–Crippen MR) is 54.9 cm³/mol. The van der Waals surface area contributed by atoms with Gasteiger partial charge in [-0.15, -0.1) is 0 Å². The van der Waals surface area contributed by atoms with Crippen molar-refractivity contribution in [2.45, 2.75) is 6.92 Å². The van der Waals surface area contributed by atoms with Gasteiger partial charge in [0, 0.05) is 0 Å². The van der Waals surface area contributed by atoms with Gasteiger partial charge < -0.3 is 10.1 Å². The first-order valence-corrected chi connectivity index (χ1v) is 4.47. The first-order valence-electron chi connectivity index (χ1n) is 4.47. The number of carbonyl (C=O) groups is 4. The topological polar surface area (TPSA) is 114 Å². The molecule has 0 bridgehead atoms. The van der Waals surface area contributed by atoms with Crippen molar-refractivity contribution in [1.29, 1.82) is 0 Å². The van der Waals surface area contributed by atoms with Crippen molar-refractivity contribution in [3.63, 3.8) is 0 Å². The normalized spacial score (nSPS) is 8.81. The highest BCUT2D eigenvalue weighted by atomic mass is 16.5. The third kappa shape index (κ3) is 6.41. The molecule has 0 aliphatic carbocycles. The van der Waals surface area contributed by atoms with Gasteiger partial charge in [-0.25, -0.2) is 4.79 Å². The Balaban J connectivity index is 3.79. The highest BCUT2D eigenvalue weighted by Crippen LogP contribution is 1.76. The van der Waals surface area contributed by atoms with Gasteiger partial charge >= 0.3 is 11.9 Å². The fourth-order valence-electron chi connectivity index (χ4n) is 0.623. The summed E-state index contributed by atoms with van der Waals surface area (Å²) in [4.78, 5) is 43.0. The van der Waals surface area contributed by atoms with Gasteiger partial charge in [-0.3, -0.25) is 25.2 Å². The van der Waals surface area contributed by atoms with Crippen molar-refractivity contribution < 1.29 is 23.9 Å². The number of hydrogen-bond acceptors (Lipinski definition) is 5. The molecule has 0 radical (unpaired) electrons. The van der Waals surface area contributed by atoms with E-state index in [9.17, 15) is 19.2 Å². The maximum atomic E-state index is 10.9. The zero-order valence-electron chi connectivity index (χ0n) is 8.96. The molecular weight excluding hydrogens is 217 g/mol. The Kier molecular flexibility index (Phi) is 6.33. The number of rotatable bonds is 3. The predicted octanol–water partition coefficient (Wildman–Crippen LogP) is -2.96. The van der Waals surface area contributed by atoms with E-state index in [-0.39, 0.29) is 19.0 Å². The lowest BCUT2D eigenvalue weighted by Gasteiger charge is -2.06. The van der Waals surface area contributed by atoms with Gasteiger partial charge in [-0.1, -0.05) is 0 Å². The summed E-state index contributed by atoms with van der Waals surface area (Å²) in [6.45, 7) is 1.31. The molecule has 0 atom stereocenters. The first kappa shape index (κ1) is 13.9. The smallest absolute Gasteiger partial charge is 0.398 e. The molecule has 0 spiro atoms. The minimum Gasteiger partial charge on any atom is -0.459 e. The van der Waals surface area contributed by atoms with Crippen LogP contribution >= 0.6 is 0 Å². The molecule has 0 saturated heterocycles. The number of hydrogen-bond donors (Lipinski definition) is 3. The van der Waals surface area contributed by atoms with Crippen molar-refractivity contribution in [2.75, 3.05) is 13.2 Å². The van der Waals surface area contributed by atoms with Gasteiger partial charge in [0.25, 0.3) is 5.91 Å². The number of esters is 1. The van der Waals surface area contributed by atoms with Gasteiger partial charge in [0.2, 0.25) is 7.85 Å². The Morgan fingerprint density at radius 3 is 2.31 bits per heavy atom. The number of nitrogens with one attached hydrogen (secondary N) is 3. The average molecular weight is 229 g/mol. The Morgan fingerprint density at radius 1 is 1.19 bits per heavy atom. The van der Waals surface area contributed by atoms with Gasteiger partial charge in [-0.2, -0.15) is 0 Å². The maximum Gasteiger partial charge on any atom is 0.398 e. The molecule has 0 aromatic rings. The lowest BCUT2D eigenvalue weighted by atomic mass is 10.1. The van der Waals surface area contributed by atoms with Crippen LogP contribution < -0.4 is 16.2 Å². The van der Waals surface area contributed by atoms with Crippen LogP contribution in [0, 0.1) is 0 Å². The van der Waals surface area contributed by atoms with E-state index < -0.39 is 17.8 Å². The summed E-state index contributed by atoms with van der Waals surface area (Å²) in [5.74, 6) is -3.22. The average Bonchev–Trinajstić information content (AvgIpc) is 2.23. The molecule has 0 rings (SSSR count). The van der Waals surface area contributed by atoms with E-state index >= 15 is 0 Å². The van der Waals surface area contributed by atoms with Crippen molar-refractivity contribution in [1.82, 2.24) is 16.2 Å². The molecule has 0 heterocycles. The van der Waals surface area contributed by atoms with E-state index in [0.29, 0.717) is 0 Å². The molecule has 0 saturated carbocycles. The van der Waals surface area contributed by atoms with Gasteiger partial charge in [0.05, 0.1) is 13.2 Å². The van der Waals surface area contributed by atoms with Gasteiger partial charge in [-0.05, 0) is 6.92 Å². The zero-order valence-corrected chi connectivity index (χ0v) is 8.96. The van der Waals surface area contributed by atoms with Crippen LogP contribution in [0.3, 0.4) is 0 Å². The van der Waals surface area contributed by atoms with Gasteiger partial charge in [0.15, 0.2) is 5.81 Å². The summed E-state index contributed by atoms with van der Waals surface area (Å²) in [7, 11) is 1.24. The van der Waals surface area contributed by atoms with E-state index in [2.05, 4.69) is 10.1 Å². The van der Waals surface area contributed by atoms with Crippen molar-refractivity contribution >= 4 is 31.4 Å². The molecule has 0 aromatic heterocycles. The fraction of sp³-hybridized carbons (Fsp3) is 0.429. The van der Waals surface area contributed by atoms with Gasteiger partial charge in [0.1, 0.15) is 0 Å². The van der Waals surface area contributed by atoms with Crippen molar-refractivity contribution in [3.05, 3.63) is 0 Å². The van der Waals surface area contributed by atoms with E-state index in [1.807, 2.05) is 10.9 Å². The summed E-state index contributed by atoms with van der Waals surface area (Å²) < 4.78 is 4.36. The third-order valence-electron chi connectivity index (χ3n) is 1.27. The molecule has 0 aliphatic rings. The third-order valence-corrected chi connectivity index (χ3v) is 1.27. The summed E-state index contributed by atoms with van der Waals surface area (Å²) >= 11 is 0. The molecule has 0 fully saturated rings. The Labute approximate surface area is 92.5 Å². The molecule has 88 valence electrons. The summed E-state index contributed by atoms with van der Waals surface area (Å²) in [6, 6.07) is 0. The zero-order chi connectivity index (χ0) is 12.6. The lowest BCUT2D eigenvalue weighted by Crippen LogP contribution is -2.48. The number of ether oxygens (including phenoxy) is 1. The molecule has 8 nitrogen and oxygen atoms in total. The van der Waals surface area contributed by atoms with Crippen LogP contribution in [0.2, 0.25) is 0 Å². The van der Waals surface area contributed by atoms with E-state index in [1.165, 1.54) is 7.85 Å². The van der Waals surface area contributed by atoms with Crippen LogP contribution in [0.25, 0.3) is 0 Å². The number of amides is 3. The van der Waals surface area contributed by atoms with Crippen LogP contribution in [0.1, 0.15) is 6.92 Å². The monoisotopic (exact) mass is 229 g/mol. The van der Waals surface area contributed by atoms with Crippen LogP contribution in [0.15, 0.2) is 0 Å². The molecule has 9 heteroatoms. The Morgan fingerprint density at radius 2 is 1.81 bits per heavy atom. The largest absolute Gasteiger partial charge is 0.459 e. The molecule has 0 unspecified atom stereocenters. The first-order chi connectivity index (χ1) is 7.47. The van der Waals surface area contributed by atoms with E-state index in [0.717, 1.165) is 0 Å². The molecule has 0 aromatic carbocycles. The van der Waals surface area contributed by atoms with Crippen LogP contribution in [-0.2, 0) is 19.1 Å². The number of carbonyl (C=O) groups excluding carboxylic acids is 4. The lowest BCUT2D eigenvalue weighted by molar-refractivity contribution is -0.155. The maximum absolute atomic E-state index is 10.9. The summed E-state index contributed by atoms with van der Waals surface area (Å²) in [5.41, 5.74) is 3.75. The highest BCUT2D eigenvalue weighted by Gasteiger charge is 2.14. The fourth-order valence-corrected chi connectivity index (χ4v) is 0.623. The van der Waals surface area contributed by atoms with Crippen LogP contribution in [-0.4, -0.2) is 44.6 Å². The Hall–Kier alpha value is -2.06. The standard InChI is InChI=1S/C7H12BN3O5/c1-2-16-6(14)5(13)11-10-4(12)3-9-7(8)15/h2-3,8H2,1H3,(H,9,15)(H,10,12)(H,11,13). The molecule has 3 amide bonds. The minimum atomic E-state index is -1.10. The Bertz CT molecular complexity index is 306. The number of hydrazine groups is 1. The second kappa shape index (κ2) is 7.26. The molecular formula is C7H12BN3O5. The van der Waals surface area contributed by atoms with Crippen LogP contribution in [0.4, 0.5) is 4.79 Å². The molecule has 3 N–H and O–H groups in total. The second-order valence-electron chi connectivity index (χ2n) is 2.63. The van der Waals surface area contributed by atoms with E-state index in [1.54, 1.807) is 6.92 Å². The van der Waals surface area contributed by atoms with Crippen LogP contribution in [0.5, 0.6) is 0 Å². The summed E-state index contributed by atoms with van der Waals surface area (Å²) in [6.07, 6.45) is 0. The van der Waals surface area contributed by atoms with Crippen molar-refractivity contribution in [3.8, 4) is 0 Å². The second-order valence-corrected chi connectivity index (χ2v) is 2.63.